The fraction of sp³-hybridized carbons (Fsp3) is 0.415. The minimum absolute atomic E-state index is 0.0847. The first kappa shape index (κ1) is 45.4. The summed E-state index contributed by atoms with van der Waals surface area (Å²) < 4.78 is 16.2. The molecule has 2 aromatic heterocycles. The Morgan fingerprint density at radius 2 is 1.41 bits per heavy atom. The van der Waals surface area contributed by atoms with Crippen molar-refractivity contribution in [3.05, 3.63) is 108 Å². The van der Waals surface area contributed by atoms with E-state index in [1.54, 1.807) is 7.11 Å². The molecule has 10 rings (SSSR count). The Bertz CT molecular complexity index is 3030. The molecular formula is C53H60N8O7. The maximum atomic E-state index is 14.7. The second kappa shape index (κ2) is 17.9. The summed E-state index contributed by atoms with van der Waals surface area (Å²) in [6.45, 7) is 10.4. The van der Waals surface area contributed by atoms with Crippen LogP contribution in [0.4, 0.5) is 4.79 Å². The van der Waals surface area contributed by atoms with Crippen LogP contribution in [0.25, 0.3) is 54.7 Å². The lowest BCUT2D eigenvalue weighted by Gasteiger charge is -2.32. The average molecular weight is 921 g/mol. The number of ether oxygens (including phenoxy) is 3. The molecule has 68 heavy (non-hydrogen) atoms. The van der Waals surface area contributed by atoms with Gasteiger partial charge < -0.3 is 44.4 Å². The molecule has 2 saturated heterocycles. The first-order valence-corrected chi connectivity index (χ1v) is 23.7. The van der Waals surface area contributed by atoms with Gasteiger partial charge in [0.25, 0.3) is 0 Å². The molecule has 3 fully saturated rings. The van der Waals surface area contributed by atoms with E-state index in [4.69, 9.17) is 24.2 Å². The minimum Gasteiger partial charge on any atom is -0.453 e. The van der Waals surface area contributed by atoms with Gasteiger partial charge in [0.05, 0.1) is 53.5 Å². The van der Waals surface area contributed by atoms with E-state index in [0.717, 1.165) is 73.4 Å². The molecule has 4 heterocycles. The van der Waals surface area contributed by atoms with Gasteiger partial charge >= 0.3 is 6.09 Å². The Morgan fingerprint density at radius 1 is 0.794 bits per heavy atom. The topological polar surface area (TPSA) is 187 Å². The average Bonchev–Trinajstić information content (AvgIpc) is 3.74. The van der Waals surface area contributed by atoms with E-state index in [1.165, 1.54) is 7.11 Å². The quantitative estimate of drug-likeness (QED) is 0.0703. The lowest BCUT2D eigenvalue weighted by atomic mass is 9.98. The second-order valence-electron chi connectivity index (χ2n) is 20.1. The van der Waals surface area contributed by atoms with E-state index in [-0.39, 0.29) is 41.8 Å². The molecule has 8 atom stereocenters. The predicted molar refractivity (Wildman–Crippen MR) is 260 cm³/mol. The van der Waals surface area contributed by atoms with E-state index in [2.05, 4.69) is 75.2 Å². The number of hydrogen-bond donors (Lipinski definition) is 5. The highest BCUT2D eigenvalue weighted by Crippen LogP contribution is 2.53. The molecule has 0 spiro atoms. The number of imidazole rings is 2. The van der Waals surface area contributed by atoms with Crippen LogP contribution >= 0.6 is 0 Å². The number of carbonyl (C=O) groups excluding carboxylic acids is 3. The van der Waals surface area contributed by atoms with Crippen molar-refractivity contribution >= 4 is 61.5 Å². The normalized spacial score (nSPS) is 21.8. The van der Waals surface area contributed by atoms with Crippen molar-refractivity contribution in [3.8, 4) is 11.1 Å². The second-order valence-corrected chi connectivity index (χ2v) is 20.1. The van der Waals surface area contributed by atoms with Crippen LogP contribution in [0, 0.1) is 17.8 Å². The van der Waals surface area contributed by atoms with E-state index in [9.17, 15) is 19.5 Å². The SMILES string of the molecule is COC[C@H]1C[C@@H](c2nc3c(ccc4cc(-c5ccc6c(ccc7[nH]c([C@@H]8C[C@H]9C[C@H]9N8C(=O)[C@@H](NC(=O)OC)C(C)C)nc76)c5)ccc43)[nH]2)N(C(=O)[C@H](NC(O)OC(C)(C)C)c2ccccc2)C1. The van der Waals surface area contributed by atoms with Crippen LogP contribution in [0.3, 0.4) is 0 Å². The highest BCUT2D eigenvalue weighted by atomic mass is 16.6. The molecule has 1 saturated carbocycles. The largest absolute Gasteiger partial charge is 0.453 e. The van der Waals surface area contributed by atoms with Crippen molar-refractivity contribution in [1.82, 2.24) is 40.4 Å². The number of nitrogens with zero attached hydrogens (tertiary/aromatic N) is 4. The fourth-order valence-corrected chi connectivity index (χ4v) is 10.6. The first-order chi connectivity index (χ1) is 32.7. The number of H-pyrrole nitrogens is 2. The smallest absolute Gasteiger partial charge is 0.407 e. The standard InChI is InChI=1S/C53H60N8O7/c1-28(2)43(58-51(64)67-7)50(63)61-40-24-35(40)25-42(61)48-55-39-20-16-34-23-32(14-18-37(34)46(39)57-48)31-13-17-36-33(22-31)15-19-38-45(36)56-47(54-38)41-21-29(27-66-6)26-60(41)49(62)44(30-11-9-8-10-12-30)59-52(65)68-53(3,4)5/h8-20,22-23,28-29,35,40-44,52,59,65H,21,24-27H2,1-7H3,(H,54,56)(H,55,57)(H,58,64)/t29-,35+,40+,41-,42-,43-,44+,52?/m0/s1. The number of aromatic amines is 2. The Hall–Kier alpha value is -6.39. The lowest BCUT2D eigenvalue weighted by molar-refractivity contribution is -0.188. The number of methoxy groups -OCH3 is 2. The Balaban J connectivity index is 0.919. The number of fused-ring (bicyclic) bond motifs is 7. The number of nitrogens with one attached hydrogen (secondary N) is 4. The highest BCUT2D eigenvalue weighted by molar-refractivity contribution is 6.07. The zero-order chi connectivity index (χ0) is 47.6. The Morgan fingerprint density at radius 3 is 1.99 bits per heavy atom. The van der Waals surface area contributed by atoms with Crippen LogP contribution < -0.4 is 10.6 Å². The van der Waals surface area contributed by atoms with Crippen LogP contribution in [0.1, 0.15) is 89.2 Å². The van der Waals surface area contributed by atoms with Crippen LogP contribution in [-0.4, -0.2) is 104 Å². The molecule has 0 bridgehead atoms. The third-order valence-corrected chi connectivity index (χ3v) is 13.9. The summed E-state index contributed by atoms with van der Waals surface area (Å²) in [5, 5.41) is 20.9. The molecule has 15 heteroatoms. The third kappa shape index (κ3) is 8.68. The summed E-state index contributed by atoms with van der Waals surface area (Å²) in [6, 6.07) is 28.6. The van der Waals surface area contributed by atoms with Crippen LogP contribution in [-0.2, 0) is 23.8 Å². The van der Waals surface area contributed by atoms with Crippen molar-refractivity contribution in [2.24, 2.45) is 17.8 Å². The Kier molecular flexibility index (Phi) is 12.0. The Labute approximate surface area is 394 Å². The zero-order valence-corrected chi connectivity index (χ0v) is 39.6. The summed E-state index contributed by atoms with van der Waals surface area (Å²) in [5.41, 5.74) is 5.67. The van der Waals surface area contributed by atoms with Gasteiger partial charge in [-0.3, -0.25) is 14.9 Å². The first-order valence-electron chi connectivity index (χ1n) is 23.7. The molecule has 7 aromatic rings. The van der Waals surface area contributed by atoms with Crippen molar-refractivity contribution < 1.29 is 33.7 Å². The molecule has 5 aromatic carbocycles. The molecule has 2 aliphatic heterocycles. The van der Waals surface area contributed by atoms with Crippen LogP contribution in [0.15, 0.2) is 91.0 Å². The molecule has 15 nitrogen and oxygen atoms in total. The molecule has 1 unspecified atom stereocenters. The molecule has 1 aliphatic carbocycles. The van der Waals surface area contributed by atoms with Gasteiger partial charge in [-0.1, -0.05) is 80.6 Å². The zero-order valence-electron chi connectivity index (χ0n) is 39.6. The number of aliphatic hydroxyl groups excluding tert-OH is 1. The summed E-state index contributed by atoms with van der Waals surface area (Å²) in [7, 11) is 2.98. The number of benzene rings is 5. The number of aromatic nitrogens is 4. The van der Waals surface area contributed by atoms with Gasteiger partial charge in [-0.15, -0.1) is 0 Å². The number of alkyl carbamates (subject to hydrolysis) is 1. The highest BCUT2D eigenvalue weighted by Gasteiger charge is 2.56. The third-order valence-electron chi connectivity index (χ3n) is 13.9. The number of hydrogen-bond acceptors (Lipinski definition) is 10. The van der Waals surface area contributed by atoms with Gasteiger partial charge in [0, 0.05) is 36.4 Å². The molecule has 0 radical (unpaired) electrons. The summed E-state index contributed by atoms with van der Waals surface area (Å²) in [4.78, 5) is 62.2. The maximum Gasteiger partial charge on any atom is 0.407 e. The lowest BCUT2D eigenvalue weighted by Crippen LogP contribution is -2.52. The van der Waals surface area contributed by atoms with Gasteiger partial charge in [-0.05, 0) is 104 Å². The number of amides is 3. The summed E-state index contributed by atoms with van der Waals surface area (Å²) in [6.07, 6.45) is 0.462. The van der Waals surface area contributed by atoms with E-state index >= 15 is 0 Å². The summed E-state index contributed by atoms with van der Waals surface area (Å²) in [5.74, 6) is 1.56. The van der Waals surface area contributed by atoms with Crippen molar-refractivity contribution in [1.29, 1.82) is 0 Å². The molecular weight excluding hydrogens is 861 g/mol. The number of carbonyl (C=O) groups is 3. The van der Waals surface area contributed by atoms with E-state index in [1.807, 2.05) is 80.8 Å². The van der Waals surface area contributed by atoms with Crippen molar-refractivity contribution in [3.63, 3.8) is 0 Å². The van der Waals surface area contributed by atoms with E-state index < -0.39 is 30.2 Å². The maximum absolute atomic E-state index is 14.7. The van der Waals surface area contributed by atoms with E-state index in [0.29, 0.717) is 36.9 Å². The van der Waals surface area contributed by atoms with Gasteiger partial charge in [0.1, 0.15) is 23.7 Å². The fourth-order valence-electron chi connectivity index (χ4n) is 10.6. The van der Waals surface area contributed by atoms with Gasteiger partial charge in [-0.2, -0.15) is 0 Å². The van der Waals surface area contributed by atoms with Gasteiger partial charge in [-0.25, -0.2) is 14.8 Å². The number of piperidine rings is 1. The monoisotopic (exact) mass is 920 g/mol. The van der Waals surface area contributed by atoms with Gasteiger partial charge in [0.15, 0.2) is 0 Å². The van der Waals surface area contributed by atoms with Crippen LogP contribution in [0.5, 0.6) is 0 Å². The van der Waals surface area contributed by atoms with Crippen molar-refractivity contribution in [2.75, 3.05) is 27.4 Å². The van der Waals surface area contributed by atoms with Gasteiger partial charge in [0.2, 0.25) is 18.2 Å². The predicted octanol–water partition coefficient (Wildman–Crippen LogP) is 8.41. The van der Waals surface area contributed by atoms with Crippen molar-refractivity contribution in [2.45, 2.75) is 96.1 Å². The minimum atomic E-state index is -1.38. The molecule has 5 N–H and O–H groups in total. The molecule has 3 aliphatic rings. The number of likely N-dealkylation sites (tertiary alicyclic amines) is 2. The van der Waals surface area contributed by atoms with Crippen LogP contribution in [0.2, 0.25) is 0 Å². The number of aliphatic hydroxyl groups is 1. The number of rotatable bonds is 13. The molecule has 354 valence electrons. The molecule has 3 amide bonds. The summed E-state index contributed by atoms with van der Waals surface area (Å²) >= 11 is 0.